The molecule has 0 heterocycles. The lowest BCUT2D eigenvalue weighted by Gasteiger charge is -2.12. The molecule has 6 heteroatoms. The minimum atomic E-state index is -1.50. The Morgan fingerprint density at radius 3 is 2.05 bits per heavy atom. The molecule has 0 fully saturated rings. The van der Waals surface area contributed by atoms with E-state index in [1.807, 2.05) is 0 Å². The molecule has 4 nitrogen and oxygen atoms in total. The minimum Gasteiger partial charge on any atom is -0.545 e. The lowest BCUT2D eigenvalue weighted by atomic mass is 10.1. The van der Waals surface area contributed by atoms with E-state index >= 15 is 0 Å². The zero-order chi connectivity index (χ0) is 14.7. The van der Waals surface area contributed by atoms with Crippen molar-refractivity contribution in [2.45, 2.75) is 0 Å². The van der Waals surface area contributed by atoms with Crippen molar-refractivity contribution in [1.82, 2.24) is 0 Å². The van der Waals surface area contributed by atoms with Crippen molar-refractivity contribution in [2.75, 3.05) is 5.32 Å². The Labute approximate surface area is 124 Å². The molecular formula is C14H8Cl2NO3-. The van der Waals surface area contributed by atoms with E-state index in [1.165, 1.54) is 6.07 Å². The SMILES string of the molecule is O=C([O-])c1cc(Cl)c(Cl)cc1C(=O)Nc1ccccc1. The first-order valence-corrected chi connectivity index (χ1v) is 6.31. The van der Waals surface area contributed by atoms with Crippen LogP contribution in [-0.4, -0.2) is 11.9 Å². The number of anilines is 1. The number of halogens is 2. The van der Waals surface area contributed by atoms with Crippen molar-refractivity contribution in [3.8, 4) is 0 Å². The van der Waals surface area contributed by atoms with Crippen LogP contribution in [0.5, 0.6) is 0 Å². The van der Waals surface area contributed by atoms with Crippen LogP contribution in [-0.2, 0) is 0 Å². The monoisotopic (exact) mass is 308 g/mol. The molecule has 0 saturated carbocycles. The van der Waals surface area contributed by atoms with E-state index < -0.39 is 11.9 Å². The molecule has 0 unspecified atom stereocenters. The minimum absolute atomic E-state index is 0.0436. The molecule has 1 amide bonds. The van der Waals surface area contributed by atoms with Crippen molar-refractivity contribution in [3.05, 3.63) is 63.6 Å². The number of hydrogen-bond acceptors (Lipinski definition) is 3. The van der Waals surface area contributed by atoms with Crippen LogP contribution in [0.15, 0.2) is 42.5 Å². The highest BCUT2D eigenvalue weighted by atomic mass is 35.5. The molecule has 0 radical (unpaired) electrons. The highest BCUT2D eigenvalue weighted by Gasteiger charge is 2.15. The fraction of sp³-hybridized carbons (Fsp3) is 0. The van der Waals surface area contributed by atoms with Gasteiger partial charge in [-0.2, -0.15) is 0 Å². The lowest BCUT2D eigenvalue weighted by Crippen LogP contribution is -2.26. The predicted molar refractivity (Wildman–Crippen MR) is 75.2 cm³/mol. The largest absolute Gasteiger partial charge is 0.545 e. The maximum Gasteiger partial charge on any atom is 0.256 e. The number of benzene rings is 2. The fourth-order valence-corrected chi connectivity index (χ4v) is 1.95. The second-order valence-corrected chi connectivity index (χ2v) is 4.73. The Bertz CT molecular complexity index is 672. The maximum absolute atomic E-state index is 12.1. The predicted octanol–water partition coefficient (Wildman–Crippen LogP) is 2.61. The molecule has 1 N–H and O–H groups in total. The summed E-state index contributed by atoms with van der Waals surface area (Å²) in [6.07, 6.45) is 0. The third kappa shape index (κ3) is 3.10. The molecule has 2 rings (SSSR count). The molecule has 0 aliphatic rings. The highest BCUT2D eigenvalue weighted by Crippen LogP contribution is 2.26. The van der Waals surface area contributed by atoms with Gasteiger partial charge in [0.25, 0.3) is 5.91 Å². The van der Waals surface area contributed by atoms with Crippen LogP contribution < -0.4 is 10.4 Å². The van der Waals surface area contributed by atoms with Gasteiger partial charge >= 0.3 is 0 Å². The van der Waals surface area contributed by atoms with Crippen molar-refractivity contribution >= 4 is 40.8 Å². The molecule has 0 aliphatic carbocycles. The van der Waals surface area contributed by atoms with Gasteiger partial charge < -0.3 is 15.2 Å². The first-order valence-electron chi connectivity index (χ1n) is 5.56. The topological polar surface area (TPSA) is 69.2 Å². The Morgan fingerprint density at radius 1 is 0.950 bits per heavy atom. The summed E-state index contributed by atoms with van der Waals surface area (Å²) in [5.74, 6) is -2.10. The quantitative estimate of drug-likeness (QED) is 0.947. The van der Waals surface area contributed by atoms with Gasteiger partial charge in [-0.3, -0.25) is 4.79 Å². The van der Waals surface area contributed by atoms with Gasteiger partial charge in [0.1, 0.15) is 0 Å². The number of rotatable bonds is 3. The number of carbonyl (C=O) groups is 2. The Balaban J connectivity index is 2.39. The number of hydrogen-bond donors (Lipinski definition) is 1. The van der Waals surface area contributed by atoms with Gasteiger partial charge in [-0.05, 0) is 24.3 Å². The molecular weight excluding hydrogens is 301 g/mol. The van der Waals surface area contributed by atoms with Gasteiger partial charge in [0.2, 0.25) is 0 Å². The summed E-state index contributed by atoms with van der Waals surface area (Å²) in [5, 5.41) is 13.8. The second kappa shape index (κ2) is 5.94. The van der Waals surface area contributed by atoms with E-state index in [1.54, 1.807) is 30.3 Å². The van der Waals surface area contributed by atoms with Crippen molar-refractivity contribution in [2.24, 2.45) is 0 Å². The number of nitrogens with one attached hydrogen (secondary N) is 1. The Hall–Kier alpha value is -2.04. The smallest absolute Gasteiger partial charge is 0.256 e. The normalized spacial score (nSPS) is 10.1. The summed E-state index contributed by atoms with van der Waals surface area (Å²) >= 11 is 11.6. The molecule has 102 valence electrons. The first kappa shape index (κ1) is 14.4. The number of carboxylic acids is 1. The van der Waals surface area contributed by atoms with Gasteiger partial charge in [0, 0.05) is 11.3 Å². The Kier molecular flexibility index (Phi) is 4.27. The summed E-state index contributed by atoms with van der Waals surface area (Å²) < 4.78 is 0. The second-order valence-electron chi connectivity index (χ2n) is 3.92. The number of aromatic carboxylic acids is 1. The molecule has 20 heavy (non-hydrogen) atoms. The molecule has 2 aromatic rings. The average molecular weight is 309 g/mol. The molecule has 0 spiro atoms. The van der Waals surface area contributed by atoms with Crippen LogP contribution in [0.2, 0.25) is 10.0 Å². The van der Waals surface area contributed by atoms with Crippen LogP contribution in [0.1, 0.15) is 20.7 Å². The molecule has 0 aliphatic heterocycles. The number of carboxylic acid groups (broad SMARTS) is 1. The molecule has 0 bridgehead atoms. The molecule has 0 atom stereocenters. The third-order valence-corrected chi connectivity index (χ3v) is 3.28. The Morgan fingerprint density at radius 2 is 1.50 bits per heavy atom. The maximum atomic E-state index is 12.1. The standard InChI is InChI=1S/C14H9Cl2NO3/c15-11-6-9(10(14(19)20)7-12(11)16)13(18)17-8-4-2-1-3-5-8/h1-7H,(H,17,18)(H,19,20)/p-1. The van der Waals surface area contributed by atoms with Gasteiger partial charge in [0.15, 0.2) is 0 Å². The summed E-state index contributed by atoms with van der Waals surface area (Å²) in [4.78, 5) is 23.1. The summed E-state index contributed by atoms with van der Waals surface area (Å²) in [6, 6.07) is 10.9. The van der Waals surface area contributed by atoms with Gasteiger partial charge in [-0.15, -0.1) is 0 Å². The first-order chi connectivity index (χ1) is 9.49. The van der Waals surface area contributed by atoms with Crippen LogP contribution in [0.4, 0.5) is 5.69 Å². The van der Waals surface area contributed by atoms with Gasteiger partial charge in [-0.25, -0.2) is 0 Å². The van der Waals surface area contributed by atoms with Gasteiger partial charge in [0.05, 0.1) is 21.6 Å². The lowest BCUT2D eigenvalue weighted by molar-refractivity contribution is -0.255. The van der Waals surface area contributed by atoms with Crippen LogP contribution in [0.25, 0.3) is 0 Å². The molecule has 0 aromatic heterocycles. The van der Waals surface area contributed by atoms with Crippen LogP contribution in [0.3, 0.4) is 0 Å². The van der Waals surface area contributed by atoms with E-state index in [-0.39, 0.29) is 21.2 Å². The summed E-state index contributed by atoms with van der Waals surface area (Å²) in [5.41, 5.74) is 0.115. The third-order valence-electron chi connectivity index (χ3n) is 2.56. The number of amides is 1. The van der Waals surface area contributed by atoms with E-state index in [4.69, 9.17) is 23.2 Å². The average Bonchev–Trinajstić information content (AvgIpc) is 2.42. The molecule has 0 saturated heterocycles. The van der Waals surface area contributed by atoms with E-state index in [0.29, 0.717) is 5.69 Å². The molecule has 2 aromatic carbocycles. The van der Waals surface area contributed by atoms with Crippen molar-refractivity contribution in [1.29, 1.82) is 0 Å². The summed E-state index contributed by atoms with van der Waals surface area (Å²) in [6.45, 7) is 0. The van der Waals surface area contributed by atoms with Crippen LogP contribution in [0, 0.1) is 0 Å². The summed E-state index contributed by atoms with van der Waals surface area (Å²) in [7, 11) is 0. The fourth-order valence-electron chi connectivity index (χ4n) is 1.62. The number of carbonyl (C=O) groups excluding carboxylic acids is 2. The van der Waals surface area contributed by atoms with Gasteiger partial charge in [-0.1, -0.05) is 41.4 Å². The van der Waals surface area contributed by atoms with E-state index in [9.17, 15) is 14.7 Å². The zero-order valence-electron chi connectivity index (χ0n) is 10.0. The van der Waals surface area contributed by atoms with Crippen molar-refractivity contribution in [3.63, 3.8) is 0 Å². The van der Waals surface area contributed by atoms with E-state index in [2.05, 4.69) is 5.32 Å². The van der Waals surface area contributed by atoms with Crippen LogP contribution >= 0.6 is 23.2 Å². The number of para-hydroxylation sites is 1. The highest BCUT2D eigenvalue weighted by molar-refractivity contribution is 6.42. The van der Waals surface area contributed by atoms with Crippen molar-refractivity contribution < 1.29 is 14.7 Å². The van der Waals surface area contributed by atoms with E-state index in [0.717, 1.165) is 6.07 Å². The zero-order valence-corrected chi connectivity index (χ0v) is 11.5.